The van der Waals surface area contributed by atoms with E-state index in [2.05, 4.69) is 5.32 Å². The molecule has 0 aliphatic carbocycles. The van der Waals surface area contributed by atoms with Gasteiger partial charge in [-0.25, -0.2) is 4.79 Å². The van der Waals surface area contributed by atoms with Crippen LogP contribution in [0.4, 0.5) is 4.79 Å². The standard InChI is InChI=1S/C18H19N2O5P/c19-12-7-13-25-26(22,23)17(16-10-5-2-6-11-16)20-18(21)24-14-15-8-3-1-4-9-15/h1-6,8-11,17H,7,13-14H2,(H,20,21)(H,22,23). The number of carbonyl (C=O) groups excluding carboxylic acids is 1. The molecule has 7 nitrogen and oxygen atoms in total. The molecule has 2 atom stereocenters. The summed E-state index contributed by atoms with van der Waals surface area (Å²) in [6.45, 7) is -0.187. The van der Waals surface area contributed by atoms with Crippen LogP contribution in [0.25, 0.3) is 0 Å². The molecule has 0 heterocycles. The highest BCUT2D eigenvalue weighted by Crippen LogP contribution is 2.55. The minimum Gasteiger partial charge on any atom is -0.445 e. The SMILES string of the molecule is N#CCCOP(=O)(O)C(NC(=O)OCc1ccccc1)c1ccccc1. The van der Waals surface area contributed by atoms with Crippen LogP contribution >= 0.6 is 7.60 Å². The van der Waals surface area contributed by atoms with Crippen LogP contribution < -0.4 is 5.32 Å². The van der Waals surface area contributed by atoms with Crippen molar-refractivity contribution in [3.8, 4) is 6.07 Å². The normalized spacial score (nSPS) is 13.8. The summed E-state index contributed by atoms with van der Waals surface area (Å²) in [5.41, 5.74) is 1.18. The molecule has 0 aliphatic heterocycles. The van der Waals surface area contributed by atoms with Crippen LogP contribution in [0.5, 0.6) is 0 Å². The van der Waals surface area contributed by atoms with Gasteiger partial charge in [0.25, 0.3) is 0 Å². The van der Waals surface area contributed by atoms with Crippen LogP contribution in [-0.4, -0.2) is 17.6 Å². The molecule has 2 aromatic rings. The van der Waals surface area contributed by atoms with Crippen molar-refractivity contribution in [2.45, 2.75) is 18.8 Å². The lowest BCUT2D eigenvalue weighted by atomic mass is 10.2. The number of amides is 1. The van der Waals surface area contributed by atoms with Crippen LogP contribution in [-0.2, 0) is 20.4 Å². The second-order valence-corrected chi connectivity index (χ2v) is 7.23. The number of alkyl carbamates (subject to hydrolysis) is 1. The fourth-order valence-electron chi connectivity index (χ4n) is 2.16. The fourth-order valence-corrected chi connectivity index (χ4v) is 3.48. The Kier molecular flexibility index (Phi) is 7.37. The van der Waals surface area contributed by atoms with Crippen molar-refractivity contribution in [2.24, 2.45) is 0 Å². The Bertz CT molecular complexity index is 792. The summed E-state index contributed by atoms with van der Waals surface area (Å²) in [5.74, 6) is -1.30. The third-order valence-corrected chi connectivity index (χ3v) is 5.03. The quantitative estimate of drug-likeness (QED) is 0.538. The lowest BCUT2D eigenvalue weighted by Gasteiger charge is -2.23. The van der Waals surface area contributed by atoms with Crippen LogP contribution in [0.15, 0.2) is 60.7 Å². The fraction of sp³-hybridized carbons (Fsp3) is 0.222. The Balaban J connectivity index is 2.07. The number of rotatable bonds is 8. The lowest BCUT2D eigenvalue weighted by Crippen LogP contribution is -2.29. The van der Waals surface area contributed by atoms with Crippen LogP contribution in [0.3, 0.4) is 0 Å². The molecule has 8 heteroatoms. The number of nitriles is 1. The molecular weight excluding hydrogens is 355 g/mol. The maximum absolute atomic E-state index is 12.6. The Hall–Kier alpha value is -2.65. The Morgan fingerprint density at radius 2 is 1.77 bits per heavy atom. The molecule has 2 aromatic carbocycles. The molecule has 0 fully saturated rings. The summed E-state index contributed by atoms with van der Waals surface area (Å²) in [5, 5.41) is 10.9. The Labute approximate surface area is 151 Å². The highest BCUT2D eigenvalue weighted by Gasteiger charge is 2.35. The molecule has 0 aliphatic rings. The van der Waals surface area contributed by atoms with Crippen molar-refractivity contribution >= 4 is 13.7 Å². The van der Waals surface area contributed by atoms with E-state index in [1.807, 2.05) is 24.3 Å². The number of benzene rings is 2. The first kappa shape index (κ1) is 19.7. The van der Waals surface area contributed by atoms with Crippen LogP contribution in [0.2, 0.25) is 0 Å². The van der Waals surface area contributed by atoms with Gasteiger partial charge in [-0.05, 0) is 11.1 Å². The second kappa shape index (κ2) is 9.73. The molecule has 1 amide bonds. The molecule has 136 valence electrons. The molecule has 0 bridgehead atoms. The van der Waals surface area contributed by atoms with Gasteiger partial charge in [0, 0.05) is 0 Å². The van der Waals surface area contributed by atoms with Gasteiger partial charge in [0.1, 0.15) is 6.61 Å². The smallest absolute Gasteiger partial charge is 0.408 e. The van der Waals surface area contributed by atoms with E-state index < -0.39 is 19.5 Å². The highest BCUT2D eigenvalue weighted by molar-refractivity contribution is 7.53. The zero-order chi connectivity index (χ0) is 18.8. The van der Waals surface area contributed by atoms with Crippen molar-refractivity contribution < 1.29 is 23.5 Å². The average Bonchev–Trinajstić information content (AvgIpc) is 2.66. The maximum Gasteiger partial charge on any atom is 0.408 e. The van der Waals surface area contributed by atoms with Gasteiger partial charge >= 0.3 is 13.7 Å². The summed E-state index contributed by atoms with van der Waals surface area (Å²) in [4.78, 5) is 22.3. The number of carbonyl (C=O) groups is 1. The molecule has 0 radical (unpaired) electrons. The lowest BCUT2D eigenvalue weighted by molar-refractivity contribution is 0.136. The zero-order valence-electron chi connectivity index (χ0n) is 13.9. The minimum atomic E-state index is -4.27. The highest BCUT2D eigenvalue weighted by atomic mass is 31.2. The van der Waals surface area contributed by atoms with E-state index in [4.69, 9.17) is 14.5 Å². The van der Waals surface area contributed by atoms with E-state index in [-0.39, 0.29) is 19.6 Å². The number of hydrogen-bond acceptors (Lipinski definition) is 5. The molecule has 0 aromatic heterocycles. The Morgan fingerprint density at radius 3 is 2.38 bits per heavy atom. The predicted octanol–water partition coefficient (Wildman–Crippen LogP) is 3.73. The van der Waals surface area contributed by atoms with Gasteiger partial charge in [0.05, 0.1) is 19.1 Å². The van der Waals surface area contributed by atoms with Gasteiger partial charge in [-0.15, -0.1) is 0 Å². The van der Waals surface area contributed by atoms with E-state index in [0.29, 0.717) is 5.56 Å². The van der Waals surface area contributed by atoms with Gasteiger partial charge in [0.15, 0.2) is 5.78 Å². The third kappa shape index (κ3) is 6.01. The van der Waals surface area contributed by atoms with Crippen LogP contribution in [0, 0.1) is 11.3 Å². The molecule has 2 rings (SSSR count). The summed E-state index contributed by atoms with van der Waals surface area (Å²) in [7, 11) is -4.27. The first-order chi connectivity index (χ1) is 12.5. The largest absolute Gasteiger partial charge is 0.445 e. The molecule has 0 spiro atoms. The molecule has 2 unspecified atom stereocenters. The van der Waals surface area contributed by atoms with Crippen molar-refractivity contribution in [1.82, 2.24) is 5.32 Å². The molecule has 0 saturated heterocycles. The maximum atomic E-state index is 12.6. The zero-order valence-corrected chi connectivity index (χ0v) is 14.8. The van der Waals surface area contributed by atoms with Crippen LogP contribution in [0.1, 0.15) is 23.3 Å². The van der Waals surface area contributed by atoms with Crippen molar-refractivity contribution in [1.29, 1.82) is 5.26 Å². The Morgan fingerprint density at radius 1 is 1.15 bits per heavy atom. The summed E-state index contributed by atoms with van der Waals surface area (Å²) < 4.78 is 22.6. The summed E-state index contributed by atoms with van der Waals surface area (Å²) >= 11 is 0. The van der Waals surface area contributed by atoms with Gasteiger partial charge in [-0.3, -0.25) is 4.57 Å². The molecule has 2 N–H and O–H groups in total. The number of nitrogens with zero attached hydrogens (tertiary/aromatic N) is 1. The van der Waals surface area contributed by atoms with Crippen molar-refractivity contribution in [3.05, 3.63) is 71.8 Å². The van der Waals surface area contributed by atoms with Gasteiger partial charge in [-0.2, -0.15) is 5.26 Å². The monoisotopic (exact) mass is 374 g/mol. The minimum absolute atomic E-state index is 0.0270. The van der Waals surface area contributed by atoms with Crippen molar-refractivity contribution in [2.75, 3.05) is 6.61 Å². The predicted molar refractivity (Wildman–Crippen MR) is 95.0 cm³/mol. The molecular formula is C18H19N2O5P. The van der Waals surface area contributed by atoms with Crippen molar-refractivity contribution in [3.63, 3.8) is 0 Å². The van der Waals surface area contributed by atoms with E-state index >= 15 is 0 Å². The molecule has 0 saturated carbocycles. The number of nitrogens with one attached hydrogen (secondary N) is 1. The first-order valence-corrected chi connectivity index (χ1v) is 9.54. The van der Waals surface area contributed by atoms with Gasteiger partial charge in [-0.1, -0.05) is 60.7 Å². The topological polar surface area (TPSA) is 109 Å². The number of hydrogen-bond donors (Lipinski definition) is 2. The van der Waals surface area contributed by atoms with Gasteiger partial charge < -0.3 is 19.5 Å². The third-order valence-electron chi connectivity index (χ3n) is 3.40. The first-order valence-electron chi connectivity index (χ1n) is 7.89. The van der Waals surface area contributed by atoms with Gasteiger partial charge in [0.2, 0.25) is 0 Å². The van der Waals surface area contributed by atoms with E-state index in [0.717, 1.165) is 5.56 Å². The summed E-state index contributed by atoms with van der Waals surface area (Å²) in [6, 6.07) is 19.2. The molecule has 26 heavy (non-hydrogen) atoms. The van der Waals surface area contributed by atoms with E-state index in [1.165, 1.54) is 0 Å². The number of ether oxygens (including phenoxy) is 1. The van der Waals surface area contributed by atoms with E-state index in [9.17, 15) is 14.3 Å². The average molecular weight is 374 g/mol. The van der Waals surface area contributed by atoms with E-state index in [1.54, 1.807) is 42.5 Å². The summed E-state index contributed by atoms with van der Waals surface area (Å²) in [6.07, 6.45) is -0.884. The second-order valence-electron chi connectivity index (χ2n) is 5.32.